The van der Waals surface area contributed by atoms with Gasteiger partial charge in [0.1, 0.15) is 54.3 Å². The van der Waals surface area contributed by atoms with Crippen molar-refractivity contribution in [2.24, 2.45) is 0 Å². The van der Waals surface area contributed by atoms with Crippen molar-refractivity contribution in [2.75, 3.05) is 0 Å². The van der Waals surface area contributed by atoms with Gasteiger partial charge < -0.3 is 28.4 Å². The van der Waals surface area contributed by atoms with E-state index in [0.29, 0.717) is 37.3 Å². The highest BCUT2D eigenvalue weighted by atomic mass is 16.5. The number of aromatic amines is 3. The molecule has 0 aliphatic carbocycles. The van der Waals surface area contributed by atoms with Crippen LogP contribution >= 0.6 is 0 Å². The van der Waals surface area contributed by atoms with E-state index in [0.717, 1.165) is 120 Å². The van der Waals surface area contributed by atoms with Gasteiger partial charge in [0, 0.05) is 22.6 Å². The number of aromatic nitrogens is 15. The molecular weight excluding hydrogens is 1210 g/mol. The second-order valence-corrected chi connectivity index (χ2v) is 22.1. The fourth-order valence-electron chi connectivity index (χ4n) is 10.2. The second-order valence-electron chi connectivity index (χ2n) is 22.1. The molecule has 0 atom stereocenters. The van der Waals surface area contributed by atoms with Crippen molar-refractivity contribution >= 4 is 32.7 Å². The Morgan fingerprint density at radius 3 is 1.03 bits per heavy atom. The Morgan fingerprint density at radius 1 is 0.260 bits per heavy atom. The third-order valence-corrected chi connectivity index (χ3v) is 15.2. The van der Waals surface area contributed by atoms with Crippen LogP contribution in [0.25, 0.3) is 32.7 Å². The lowest BCUT2D eigenvalue weighted by Crippen LogP contribution is -2.01. The van der Waals surface area contributed by atoms with Gasteiger partial charge in [-0.15, -0.1) is 30.6 Å². The summed E-state index contributed by atoms with van der Waals surface area (Å²) in [6, 6.07) is 84.9. The summed E-state index contributed by atoms with van der Waals surface area (Å²) in [5.74, 6) is 6.36. The van der Waals surface area contributed by atoms with E-state index >= 15 is 0 Å². The van der Waals surface area contributed by atoms with Crippen molar-refractivity contribution in [1.82, 2.24) is 76.8 Å². The lowest BCUT2D eigenvalue weighted by molar-refractivity contribution is 0.293. The molecule has 15 aromatic rings. The van der Waals surface area contributed by atoms with Gasteiger partial charge in [-0.2, -0.15) is 15.6 Å². The molecule has 0 aliphatic rings. The third kappa shape index (κ3) is 17.8. The summed E-state index contributed by atoms with van der Waals surface area (Å²) < 4.78 is 35.1. The largest absolute Gasteiger partial charge is 0.487 e. The first-order valence-electron chi connectivity index (χ1n) is 31.0. The zero-order chi connectivity index (χ0) is 64.8. The van der Waals surface area contributed by atoms with Crippen LogP contribution < -0.4 is 28.4 Å². The molecule has 6 aromatic heterocycles. The number of pyridine rings is 3. The average molecular weight is 1270 g/mol. The quantitative estimate of drug-likeness (QED) is 0.0508. The highest BCUT2D eigenvalue weighted by Crippen LogP contribution is 2.26. The third-order valence-electron chi connectivity index (χ3n) is 15.2. The summed E-state index contributed by atoms with van der Waals surface area (Å²) in [6.07, 6.45) is 2.37. The first kappa shape index (κ1) is 62.0. The highest BCUT2D eigenvalue weighted by molar-refractivity contribution is 5.80. The Kier molecular flexibility index (Phi) is 20.4. The van der Waals surface area contributed by atoms with Crippen LogP contribution in [0.3, 0.4) is 0 Å². The Bertz CT molecular complexity index is 4880. The van der Waals surface area contributed by atoms with E-state index in [-0.39, 0.29) is 19.8 Å². The molecule has 0 unspecified atom stereocenters. The predicted molar refractivity (Wildman–Crippen MR) is 361 cm³/mol. The van der Waals surface area contributed by atoms with E-state index in [9.17, 15) is 0 Å². The Balaban J connectivity index is 0.000000130. The van der Waals surface area contributed by atoms with Gasteiger partial charge >= 0.3 is 0 Å². The first-order chi connectivity index (χ1) is 47.5. The zero-order valence-corrected chi connectivity index (χ0v) is 51.9. The van der Waals surface area contributed by atoms with Crippen LogP contribution in [0.1, 0.15) is 67.9 Å². The molecule has 0 bridgehead atoms. The maximum Gasteiger partial charge on any atom is 0.211 e. The number of hydrogen-bond donors (Lipinski definition) is 3. The van der Waals surface area contributed by atoms with Crippen molar-refractivity contribution < 1.29 is 28.4 Å². The fraction of sp³-hybridized carbons (Fsp3) is 0.120. The second kappa shape index (κ2) is 31.5. The smallest absolute Gasteiger partial charge is 0.211 e. The number of nitrogens with zero attached hydrogens (tertiary/aromatic N) is 12. The summed E-state index contributed by atoms with van der Waals surface area (Å²) in [7, 11) is 0. The molecule has 9 aromatic carbocycles. The molecule has 0 radical (unpaired) electrons. The number of rotatable bonds is 24. The predicted octanol–water partition coefficient (Wildman–Crippen LogP) is 13.5. The van der Waals surface area contributed by atoms with Crippen LogP contribution in [-0.4, -0.2) is 76.8 Å². The van der Waals surface area contributed by atoms with E-state index in [2.05, 4.69) is 174 Å². The molecule has 21 heteroatoms. The topological polar surface area (TPSA) is 257 Å². The van der Waals surface area contributed by atoms with Gasteiger partial charge in [0.15, 0.2) is 19.8 Å². The molecule has 96 heavy (non-hydrogen) atoms. The van der Waals surface area contributed by atoms with Crippen LogP contribution in [0, 0.1) is 0 Å². The number of H-pyrrole nitrogens is 3. The average Bonchev–Trinajstić information content (AvgIpc) is 1.36. The molecule has 0 fully saturated rings. The van der Waals surface area contributed by atoms with E-state index < -0.39 is 0 Å². The molecule has 21 nitrogen and oxygen atoms in total. The van der Waals surface area contributed by atoms with Crippen LogP contribution in [0.4, 0.5) is 0 Å². The number of fused-ring (bicyclic) bond motifs is 3. The van der Waals surface area contributed by atoms with Crippen molar-refractivity contribution in [3.05, 3.63) is 323 Å². The molecule has 3 N–H and O–H groups in total. The summed E-state index contributed by atoms with van der Waals surface area (Å²) in [6.45, 7) is 2.13. The Morgan fingerprint density at radius 2 is 0.615 bits per heavy atom. The van der Waals surface area contributed by atoms with Gasteiger partial charge in [0.2, 0.25) is 17.5 Å². The monoisotopic (exact) mass is 1270 g/mol. The molecule has 0 amide bonds. The molecule has 6 heterocycles. The van der Waals surface area contributed by atoms with Crippen molar-refractivity contribution in [1.29, 1.82) is 0 Å². The standard InChI is InChI=1S/3C25H21N5O2/c1-3-7-23-19(5-1)11-12-21(26-23)16-31-22-13-9-18(10-14-22)15-20-6-2-4-8-24(20)32-17-25-27-29-30-28-25;1-2-7-24-20(5-1)10-11-21(26-24)16-31-22-12-8-18(9-13-22)14-19-4-3-6-23(15-19)32-17-25-27-29-30-28-25;1-2-4-24-20(3-1)9-10-21(26-24)16-31-22-11-5-18(6-12-22)15-19-7-13-23(14-8-19)32-17-25-27-29-30-28-25/h1-14H,15-17H2,(H,27,28,29,30);1-13,15H,14,16-17H2,(H,27,28,29,30);1-14H,15-17H2,(H,27,28,29,30). The van der Waals surface area contributed by atoms with Crippen molar-refractivity contribution in [2.45, 2.75) is 58.9 Å². The number of benzene rings is 9. The van der Waals surface area contributed by atoms with Gasteiger partial charge in [0.05, 0.1) is 33.6 Å². The molecular formula is C75H63N15O6. The summed E-state index contributed by atoms with van der Waals surface area (Å²) in [4.78, 5) is 14.0. The van der Waals surface area contributed by atoms with Crippen molar-refractivity contribution in [3.63, 3.8) is 0 Å². The molecule has 15 rings (SSSR count). The molecule has 0 saturated carbocycles. The summed E-state index contributed by atoms with van der Waals surface area (Å²) in [5, 5.41) is 44.6. The van der Waals surface area contributed by atoms with Crippen LogP contribution in [-0.2, 0) is 58.9 Å². The first-order valence-corrected chi connectivity index (χ1v) is 31.0. The van der Waals surface area contributed by atoms with Crippen LogP contribution in [0.2, 0.25) is 0 Å². The van der Waals surface area contributed by atoms with Crippen LogP contribution in [0.15, 0.2) is 255 Å². The fourth-order valence-corrected chi connectivity index (χ4v) is 10.2. The highest BCUT2D eigenvalue weighted by Gasteiger charge is 2.11. The maximum atomic E-state index is 5.94. The number of tetrazole rings is 3. The molecule has 0 saturated heterocycles. The molecule has 0 aliphatic heterocycles. The van der Waals surface area contributed by atoms with Gasteiger partial charge in [-0.25, -0.2) is 15.0 Å². The lowest BCUT2D eigenvalue weighted by Gasteiger charge is -2.11. The molecule has 0 spiro atoms. The van der Waals surface area contributed by atoms with Gasteiger partial charge in [0.25, 0.3) is 0 Å². The van der Waals surface area contributed by atoms with Crippen molar-refractivity contribution in [3.8, 4) is 34.5 Å². The lowest BCUT2D eigenvalue weighted by atomic mass is 10.0. The van der Waals surface area contributed by atoms with E-state index in [1.807, 2.05) is 158 Å². The minimum absolute atomic E-state index is 0.267. The maximum absolute atomic E-state index is 5.94. The van der Waals surface area contributed by atoms with Gasteiger partial charge in [-0.3, -0.25) is 0 Å². The number of ether oxygens (including phenoxy) is 6. The Hall–Kier alpha value is -12.8. The minimum atomic E-state index is 0.267. The van der Waals surface area contributed by atoms with Crippen LogP contribution in [0.5, 0.6) is 34.5 Å². The number of nitrogens with one attached hydrogen (secondary N) is 3. The number of hydrogen-bond acceptors (Lipinski definition) is 18. The number of para-hydroxylation sites is 4. The summed E-state index contributed by atoms with van der Waals surface area (Å²) >= 11 is 0. The van der Waals surface area contributed by atoms with E-state index in [4.69, 9.17) is 28.4 Å². The summed E-state index contributed by atoms with van der Waals surface area (Å²) in [5.41, 5.74) is 12.7. The SMILES string of the molecule is c1cc(Cc2ccc(OCc3ccc4ccccc4n3)cc2)cc(OCc2nn[nH]n2)c1.c1ccc(OCc2nn[nH]n2)c(Cc2ccc(OCc3ccc4ccccc4n3)cc2)c1.c1ccc2nc(COc3ccc(Cc4ccc(OCc5nn[nH]n5)cc4)cc3)ccc2c1. The Labute approximate surface area is 551 Å². The van der Waals surface area contributed by atoms with Gasteiger partial charge in [-0.05, 0) is 149 Å². The minimum Gasteiger partial charge on any atom is -0.487 e. The van der Waals surface area contributed by atoms with Gasteiger partial charge in [-0.1, -0.05) is 167 Å². The molecule has 474 valence electrons. The van der Waals surface area contributed by atoms with E-state index in [1.165, 1.54) is 16.7 Å². The zero-order valence-electron chi connectivity index (χ0n) is 51.9. The normalized spacial score (nSPS) is 10.9. The van der Waals surface area contributed by atoms with E-state index in [1.54, 1.807) is 0 Å².